The van der Waals surface area contributed by atoms with Gasteiger partial charge in [0.1, 0.15) is 5.71 Å². The van der Waals surface area contributed by atoms with Gasteiger partial charge in [-0.1, -0.05) is 28.9 Å². The van der Waals surface area contributed by atoms with Gasteiger partial charge in [0.2, 0.25) is 6.29 Å². The lowest BCUT2D eigenvalue weighted by molar-refractivity contribution is -0.146. The first kappa shape index (κ1) is 12.7. The second kappa shape index (κ2) is 5.71. The molecule has 0 radical (unpaired) electrons. The van der Waals surface area contributed by atoms with Crippen LogP contribution in [0.1, 0.15) is 18.9 Å². The van der Waals surface area contributed by atoms with E-state index in [-0.39, 0.29) is 11.7 Å². The first-order valence-corrected chi connectivity index (χ1v) is 6.27. The van der Waals surface area contributed by atoms with E-state index in [0.29, 0.717) is 18.1 Å². The molecule has 2 atom stereocenters. The Morgan fingerprint density at radius 3 is 2.71 bits per heavy atom. The molecule has 1 aromatic rings. The Hall–Kier alpha value is -0.770. The molecule has 1 heterocycles. The van der Waals surface area contributed by atoms with E-state index in [1.165, 1.54) is 0 Å². The van der Waals surface area contributed by atoms with Gasteiger partial charge in [-0.25, -0.2) is 0 Å². The Labute approximate surface area is 110 Å². The second-order valence-corrected chi connectivity index (χ2v) is 4.64. The third-order valence-electron chi connectivity index (χ3n) is 2.46. The van der Waals surface area contributed by atoms with Crippen LogP contribution in [-0.2, 0) is 9.57 Å². The van der Waals surface area contributed by atoms with E-state index in [9.17, 15) is 0 Å². The van der Waals surface area contributed by atoms with Crippen LogP contribution >= 0.6 is 23.2 Å². The average molecular weight is 274 g/mol. The molecular formula is C12H13Cl2NO2. The molecule has 2 rings (SSSR count). The topological polar surface area (TPSA) is 30.8 Å². The average Bonchev–Trinajstić information content (AvgIpc) is 2.31. The number of benzene rings is 1. The Kier molecular flexibility index (Phi) is 4.26. The van der Waals surface area contributed by atoms with Crippen LogP contribution < -0.4 is 0 Å². The minimum atomic E-state index is -0.349. The maximum absolute atomic E-state index is 6.26. The molecular weight excluding hydrogens is 261 g/mol. The number of hydrogen-bond donors (Lipinski definition) is 0. The Morgan fingerprint density at radius 2 is 2.12 bits per heavy atom. The van der Waals surface area contributed by atoms with E-state index in [4.69, 9.17) is 32.8 Å². The summed E-state index contributed by atoms with van der Waals surface area (Å²) in [6.07, 6.45) is 0.246. The summed E-state index contributed by atoms with van der Waals surface area (Å²) in [6.45, 7) is 2.49. The fourth-order valence-corrected chi connectivity index (χ4v) is 2.07. The van der Waals surface area contributed by atoms with Crippen LogP contribution in [-0.4, -0.2) is 24.0 Å². The van der Waals surface area contributed by atoms with E-state index < -0.39 is 0 Å². The standard InChI is InChI=1S/C12H13Cl2NO2/c1-2-16-11-7-10(14)12(15-17-11)8-3-5-9(13)6-4-8/h3-6,10-11H,2,7H2,1H3/t10-,11-/m0/s1. The van der Waals surface area contributed by atoms with Gasteiger partial charge in [0.25, 0.3) is 0 Å². The van der Waals surface area contributed by atoms with Crippen LogP contribution in [0, 0.1) is 0 Å². The molecule has 17 heavy (non-hydrogen) atoms. The van der Waals surface area contributed by atoms with Gasteiger partial charge in [-0.05, 0) is 19.1 Å². The second-order valence-electron chi connectivity index (χ2n) is 3.68. The zero-order valence-corrected chi connectivity index (χ0v) is 10.9. The molecule has 0 N–H and O–H groups in total. The van der Waals surface area contributed by atoms with E-state index in [0.717, 1.165) is 11.3 Å². The fraction of sp³-hybridized carbons (Fsp3) is 0.417. The number of oxime groups is 1. The molecule has 0 unspecified atom stereocenters. The third-order valence-corrected chi connectivity index (χ3v) is 3.09. The van der Waals surface area contributed by atoms with Crippen molar-refractivity contribution < 1.29 is 9.57 Å². The Morgan fingerprint density at radius 1 is 1.41 bits per heavy atom. The van der Waals surface area contributed by atoms with Crippen molar-refractivity contribution >= 4 is 28.9 Å². The van der Waals surface area contributed by atoms with Gasteiger partial charge in [-0.15, -0.1) is 11.6 Å². The molecule has 0 fully saturated rings. The summed E-state index contributed by atoms with van der Waals surface area (Å²) >= 11 is 12.1. The maximum Gasteiger partial charge on any atom is 0.228 e. The number of rotatable bonds is 3. The van der Waals surface area contributed by atoms with Gasteiger partial charge in [0, 0.05) is 23.6 Å². The first-order valence-electron chi connectivity index (χ1n) is 5.46. The summed E-state index contributed by atoms with van der Waals surface area (Å²) in [5.41, 5.74) is 1.64. The van der Waals surface area contributed by atoms with Gasteiger partial charge < -0.3 is 9.57 Å². The fourth-order valence-electron chi connectivity index (χ4n) is 1.63. The molecule has 0 aromatic heterocycles. The largest absolute Gasteiger partial charge is 0.363 e. The molecule has 92 valence electrons. The van der Waals surface area contributed by atoms with Crippen molar-refractivity contribution in [2.75, 3.05) is 6.61 Å². The minimum Gasteiger partial charge on any atom is -0.363 e. The van der Waals surface area contributed by atoms with Crippen LogP contribution in [0.3, 0.4) is 0 Å². The summed E-state index contributed by atoms with van der Waals surface area (Å²) in [6, 6.07) is 7.36. The molecule has 0 saturated heterocycles. The molecule has 5 heteroatoms. The van der Waals surface area contributed by atoms with Crippen LogP contribution in [0.15, 0.2) is 29.4 Å². The highest BCUT2D eigenvalue weighted by Crippen LogP contribution is 2.23. The lowest BCUT2D eigenvalue weighted by Crippen LogP contribution is -2.30. The summed E-state index contributed by atoms with van der Waals surface area (Å²) in [4.78, 5) is 5.23. The lowest BCUT2D eigenvalue weighted by Gasteiger charge is -2.24. The predicted molar refractivity (Wildman–Crippen MR) is 68.7 cm³/mol. The zero-order valence-electron chi connectivity index (χ0n) is 9.40. The number of ether oxygens (including phenoxy) is 1. The van der Waals surface area contributed by atoms with Crippen molar-refractivity contribution in [1.29, 1.82) is 0 Å². The molecule has 3 nitrogen and oxygen atoms in total. The quantitative estimate of drug-likeness (QED) is 0.790. The first-order chi connectivity index (χ1) is 8.20. The van der Waals surface area contributed by atoms with Gasteiger partial charge in [-0.2, -0.15) is 0 Å². The minimum absolute atomic E-state index is 0.207. The van der Waals surface area contributed by atoms with E-state index in [1.807, 2.05) is 19.1 Å². The summed E-state index contributed by atoms with van der Waals surface area (Å²) < 4.78 is 5.32. The predicted octanol–water partition coefficient (Wildman–Crippen LogP) is 3.43. The number of alkyl halides is 1. The molecule has 0 bridgehead atoms. The summed E-state index contributed by atoms with van der Waals surface area (Å²) in [5, 5.41) is 4.50. The highest BCUT2D eigenvalue weighted by molar-refractivity contribution is 6.35. The monoisotopic (exact) mass is 273 g/mol. The Balaban J connectivity index is 2.14. The molecule has 0 amide bonds. The Bertz CT molecular complexity index is 405. The van der Waals surface area contributed by atoms with Crippen molar-refractivity contribution in [3.63, 3.8) is 0 Å². The summed E-state index contributed by atoms with van der Waals surface area (Å²) in [7, 11) is 0. The van der Waals surface area contributed by atoms with Gasteiger partial charge in [0.05, 0.1) is 5.38 Å². The van der Waals surface area contributed by atoms with Crippen molar-refractivity contribution in [3.8, 4) is 0 Å². The molecule has 1 aromatic carbocycles. The SMILES string of the molecule is CCO[C@@H]1C[C@H](Cl)C(c2ccc(Cl)cc2)=NO1. The van der Waals surface area contributed by atoms with Crippen LogP contribution in [0.2, 0.25) is 5.02 Å². The molecule has 0 aliphatic carbocycles. The van der Waals surface area contributed by atoms with Crippen LogP contribution in [0.4, 0.5) is 0 Å². The van der Waals surface area contributed by atoms with Crippen molar-refractivity contribution in [3.05, 3.63) is 34.9 Å². The molecule has 1 aliphatic rings. The number of halogens is 2. The zero-order chi connectivity index (χ0) is 12.3. The van der Waals surface area contributed by atoms with Crippen molar-refractivity contribution in [1.82, 2.24) is 0 Å². The van der Waals surface area contributed by atoms with E-state index in [1.54, 1.807) is 12.1 Å². The molecule has 1 aliphatic heterocycles. The van der Waals surface area contributed by atoms with E-state index in [2.05, 4.69) is 5.16 Å². The van der Waals surface area contributed by atoms with Gasteiger partial charge >= 0.3 is 0 Å². The highest BCUT2D eigenvalue weighted by atomic mass is 35.5. The highest BCUT2D eigenvalue weighted by Gasteiger charge is 2.27. The van der Waals surface area contributed by atoms with Gasteiger partial charge in [0.15, 0.2) is 0 Å². The third kappa shape index (κ3) is 3.12. The van der Waals surface area contributed by atoms with Crippen molar-refractivity contribution in [2.45, 2.75) is 25.0 Å². The van der Waals surface area contributed by atoms with Crippen molar-refractivity contribution in [2.24, 2.45) is 5.16 Å². The van der Waals surface area contributed by atoms with Gasteiger partial charge in [-0.3, -0.25) is 0 Å². The van der Waals surface area contributed by atoms with E-state index >= 15 is 0 Å². The van der Waals surface area contributed by atoms with Crippen LogP contribution in [0.25, 0.3) is 0 Å². The molecule has 0 saturated carbocycles. The summed E-state index contributed by atoms with van der Waals surface area (Å²) in [5.74, 6) is 0. The number of hydrogen-bond acceptors (Lipinski definition) is 3. The number of nitrogens with zero attached hydrogens (tertiary/aromatic N) is 1. The smallest absolute Gasteiger partial charge is 0.228 e. The molecule has 0 spiro atoms. The maximum atomic E-state index is 6.26. The normalized spacial score (nSPS) is 24.1. The lowest BCUT2D eigenvalue weighted by atomic mass is 10.0. The van der Waals surface area contributed by atoms with Crippen LogP contribution in [0.5, 0.6) is 0 Å².